The summed E-state index contributed by atoms with van der Waals surface area (Å²) in [7, 11) is 0. The van der Waals surface area contributed by atoms with Gasteiger partial charge in [-0.1, -0.05) is 26.0 Å². The zero-order valence-corrected chi connectivity index (χ0v) is 13.4. The Morgan fingerprint density at radius 3 is 2.62 bits per heavy atom. The van der Waals surface area contributed by atoms with Crippen molar-refractivity contribution in [3.63, 3.8) is 0 Å². The summed E-state index contributed by atoms with van der Waals surface area (Å²) in [6.07, 6.45) is 0. The Morgan fingerprint density at radius 1 is 1.48 bits per heavy atom. The van der Waals surface area contributed by atoms with Gasteiger partial charge in [0.1, 0.15) is 5.41 Å². The molecule has 1 aliphatic heterocycles. The van der Waals surface area contributed by atoms with Gasteiger partial charge in [-0.3, -0.25) is 4.79 Å². The molecular weight excluding hydrogens is 284 g/mol. The molecule has 5 heteroatoms. The van der Waals surface area contributed by atoms with Gasteiger partial charge in [0.05, 0.1) is 11.4 Å². The molecule has 1 heterocycles. The first-order valence-corrected chi connectivity index (χ1v) is 8.38. The SMILES string of the molecule is C=C[S+]([O-])NCC1CN(C(=O)c2ccc(C(C)C)cc2)C1. The van der Waals surface area contributed by atoms with Crippen molar-refractivity contribution < 1.29 is 9.35 Å². The van der Waals surface area contributed by atoms with E-state index >= 15 is 0 Å². The molecule has 2 rings (SSSR count). The van der Waals surface area contributed by atoms with Gasteiger partial charge in [-0.15, -0.1) is 4.72 Å². The van der Waals surface area contributed by atoms with E-state index in [1.807, 2.05) is 29.2 Å². The van der Waals surface area contributed by atoms with Crippen LogP contribution in [0.2, 0.25) is 0 Å². The minimum atomic E-state index is -1.17. The van der Waals surface area contributed by atoms with Crippen LogP contribution in [-0.2, 0) is 11.4 Å². The van der Waals surface area contributed by atoms with E-state index in [1.54, 1.807) is 0 Å². The molecule has 1 aliphatic rings. The van der Waals surface area contributed by atoms with E-state index in [-0.39, 0.29) is 5.91 Å². The molecule has 0 spiro atoms. The van der Waals surface area contributed by atoms with Gasteiger partial charge >= 0.3 is 0 Å². The molecular formula is C16H22N2O2S. The molecule has 1 aromatic carbocycles. The number of hydrogen-bond acceptors (Lipinski definition) is 3. The average molecular weight is 306 g/mol. The van der Waals surface area contributed by atoms with Crippen LogP contribution in [0.5, 0.6) is 0 Å². The zero-order chi connectivity index (χ0) is 15.4. The van der Waals surface area contributed by atoms with Gasteiger partial charge in [0.2, 0.25) is 0 Å². The van der Waals surface area contributed by atoms with Crippen molar-refractivity contribution in [2.24, 2.45) is 5.92 Å². The van der Waals surface area contributed by atoms with Crippen molar-refractivity contribution in [1.82, 2.24) is 9.62 Å². The van der Waals surface area contributed by atoms with Gasteiger partial charge in [-0.05, 0) is 30.2 Å². The quantitative estimate of drug-likeness (QED) is 0.820. The van der Waals surface area contributed by atoms with Gasteiger partial charge in [0.15, 0.2) is 0 Å². The molecule has 114 valence electrons. The normalized spacial score (nSPS) is 16.7. The van der Waals surface area contributed by atoms with E-state index in [9.17, 15) is 9.35 Å². The molecule has 1 N–H and O–H groups in total. The standard InChI is InChI=1S/C16H22N2O2S/c1-4-21(20)17-9-13-10-18(11-13)16(19)15-7-5-14(6-8-15)12(2)3/h4-8,12-13,17H,1,9-11H2,2-3H3. The van der Waals surface area contributed by atoms with Crippen molar-refractivity contribution in [2.75, 3.05) is 19.6 Å². The summed E-state index contributed by atoms with van der Waals surface area (Å²) < 4.78 is 14.1. The van der Waals surface area contributed by atoms with Gasteiger partial charge in [0, 0.05) is 31.1 Å². The number of hydrogen-bond donors (Lipinski definition) is 1. The first kappa shape index (κ1) is 16.1. The Kier molecular flexibility index (Phi) is 5.45. The number of amides is 1. The van der Waals surface area contributed by atoms with E-state index in [1.165, 1.54) is 11.0 Å². The number of likely N-dealkylation sites (tertiary alicyclic amines) is 1. The van der Waals surface area contributed by atoms with Crippen LogP contribution >= 0.6 is 0 Å². The lowest BCUT2D eigenvalue weighted by Gasteiger charge is -2.39. The second-order valence-electron chi connectivity index (χ2n) is 5.67. The Hall–Kier alpha value is -1.30. The maximum Gasteiger partial charge on any atom is 0.253 e. The molecule has 1 saturated heterocycles. The highest BCUT2D eigenvalue weighted by Crippen LogP contribution is 2.20. The third kappa shape index (κ3) is 4.09. The molecule has 0 saturated carbocycles. The van der Waals surface area contributed by atoms with Crippen LogP contribution in [0.3, 0.4) is 0 Å². The molecule has 0 aliphatic carbocycles. The second-order valence-corrected chi connectivity index (χ2v) is 6.88. The third-order valence-corrected chi connectivity index (χ3v) is 4.49. The Balaban J connectivity index is 1.82. The Morgan fingerprint density at radius 2 is 2.10 bits per heavy atom. The third-order valence-electron chi connectivity index (χ3n) is 3.73. The van der Waals surface area contributed by atoms with Gasteiger partial charge in [-0.25, -0.2) is 0 Å². The number of carbonyl (C=O) groups excluding carboxylic acids is 1. The largest absolute Gasteiger partial charge is 0.593 e. The van der Waals surface area contributed by atoms with Crippen LogP contribution in [0.1, 0.15) is 35.7 Å². The predicted octanol–water partition coefficient (Wildman–Crippen LogP) is 2.28. The van der Waals surface area contributed by atoms with Crippen molar-refractivity contribution in [3.8, 4) is 0 Å². The molecule has 1 fully saturated rings. The fourth-order valence-electron chi connectivity index (χ4n) is 2.32. The average Bonchev–Trinajstić information content (AvgIpc) is 2.45. The molecule has 21 heavy (non-hydrogen) atoms. The summed E-state index contributed by atoms with van der Waals surface area (Å²) in [5.41, 5.74) is 1.98. The molecule has 4 nitrogen and oxygen atoms in total. The Bertz CT molecular complexity index is 496. The number of carbonyl (C=O) groups is 1. The molecule has 1 amide bonds. The van der Waals surface area contributed by atoms with Crippen LogP contribution in [0.4, 0.5) is 0 Å². The Labute approximate surface area is 129 Å². The van der Waals surface area contributed by atoms with E-state index in [0.717, 1.165) is 5.56 Å². The number of benzene rings is 1. The molecule has 1 unspecified atom stereocenters. The van der Waals surface area contributed by atoms with Crippen molar-refractivity contribution in [3.05, 3.63) is 47.4 Å². The number of rotatable bonds is 6. The predicted molar refractivity (Wildman–Crippen MR) is 86.3 cm³/mol. The van der Waals surface area contributed by atoms with Crippen LogP contribution < -0.4 is 4.72 Å². The molecule has 0 radical (unpaired) electrons. The summed E-state index contributed by atoms with van der Waals surface area (Å²) in [6.45, 7) is 9.81. The highest BCUT2D eigenvalue weighted by Gasteiger charge is 2.31. The summed E-state index contributed by atoms with van der Waals surface area (Å²) >= 11 is -1.17. The topological polar surface area (TPSA) is 55.4 Å². The summed E-state index contributed by atoms with van der Waals surface area (Å²) in [4.78, 5) is 14.1. The highest BCUT2D eigenvalue weighted by molar-refractivity contribution is 7.92. The first-order valence-electron chi connectivity index (χ1n) is 7.17. The van der Waals surface area contributed by atoms with Crippen molar-refractivity contribution >= 4 is 17.3 Å². The highest BCUT2D eigenvalue weighted by atomic mass is 32.2. The molecule has 0 bridgehead atoms. The van der Waals surface area contributed by atoms with Gasteiger partial charge in [-0.2, -0.15) is 0 Å². The van der Waals surface area contributed by atoms with E-state index in [2.05, 4.69) is 25.1 Å². The van der Waals surface area contributed by atoms with Crippen LogP contribution in [-0.4, -0.2) is 35.0 Å². The smallest absolute Gasteiger partial charge is 0.253 e. The van der Waals surface area contributed by atoms with Gasteiger partial charge < -0.3 is 9.45 Å². The molecule has 0 aromatic heterocycles. The van der Waals surface area contributed by atoms with Crippen molar-refractivity contribution in [1.29, 1.82) is 0 Å². The van der Waals surface area contributed by atoms with Crippen LogP contribution in [0.25, 0.3) is 0 Å². The van der Waals surface area contributed by atoms with E-state index < -0.39 is 11.4 Å². The minimum absolute atomic E-state index is 0.0754. The van der Waals surface area contributed by atoms with E-state index in [0.29, 0.717) is 31.5 Å². The summed E-state index contributed by atoms with van der Waals surface area (Å²) in [5.74, 6) is 0.915. The lowest BCUT2D eigenvalue weighted by Crippen LogP contribution is -2.53. The maximum absolute atomic E-state index is 12.3. The lowest BCUT2D eigenvalue weighted by molar-refractivity contribution is 0.0510. The number of nitrogens with one attached hydrogen (secondary N) is 1. The minimum Gasteiger partial charge on any atom is -0.593 e. The fourth-order valence-corrected chi connectivity index (χ4v) is 2.83. The molecule has 1 aromatic rings. The van der Waals surface area contributed by atoms with Crippen molar-refractivity contribution in [2.45, 2.75) is 19.8 Å². The molecule has 1 atom stereocenters. The van der Waals surface area contributed by atoms with Gasteiger partial charge in [0.25, 0.3) is 5.91 Å². The lowest BCUT2D eigenvalue weighted by atomic mass is 9.97. The van der Waals surface area contributed by atoms with Crippen LogP contribution in [0, 0.1) is 5.92 Å². The van der Waals surface area contributed by atoms with E-state index in [4.69, 9.17) is 0 Å². The zero-order valence-electron chi connectivity index (χ0n) is 12.5. The maximum atomic E-state index is 12.3. The number of nitrogens with zero attached hydrogens (tertiary/aromatic N) is 1. The monoisotopic (exact) mass is 306 g/mol. The van der Waals surface area contributed by atoms with Crippen LogP contribution in [0.15, 0.2) is 36.3 Å². The second kappa shape index (κ2) is 7.11. The summed E-state index contributed by atoms with van der Waals surface area (Å²) in [5, 5.41) is 1.37. The summed E-state index contributed by atoms with van der Waals surface area (Å²) in [6, 6.07) is 7.83. The fraction of sp³-hybridized carbons (Fsp3) is 0.438. The first-order chi connectivity index (χ1) is 10.0.